The molecule has 0 radical (unpaired) electrons. The summed E-state index contributed by atoms with van der Waals surface area (Å²) in [5, 5.41) is 9.84. The van der Waals surface area contributed by atoms with E-state index >= 15 is 0 Å². The molecule has 0 bridgehead atoms. The van der Waals surface area contributed by atoms with Crippen LogP contribution in [0, 0.1) is 5.82 Å². The van der Waals surface area contributed by atoms with Gasteiger partial charge in [0.2, 0.25) is 0 Å². The molecule has 0 saturated heterocycles. The minimum atomic E-state index is -0.727. The molecule has 0 atom stereocenters. The van der Waals surface area contributed by atoms with Crippen LogP contribution in [0.3, 0.4) is 0 Å². The molecule has 2 rings (SSSR count). The van der Waals surface area contributed by atoms with Crippen molar-refractivity contribution in [3.63, 3.8) is 0 Å². The second-order valence-electron chi connectivity index (χ2n) is 4.97. The van der Waals surface area contributed by atoms with Crippen LogP contribution >= 0.6 is 0 Å². The topological polar surface area (TPSA) is 93.9 Å². The summed E-state index contributed by atoms with van der Waals surface area (Å²) >= 11 is 0. The summed E-state index contributed by atoms with van der Waals surface area (Å²) in [6.07, 6.45) is 4.29. The van der Waals surface area contributed by atoms with E-state index in [2.05, 4.69) is 22.3 Å². The number of ether oxygens (including phenoxy) is 1. The summed E-state index contributed by atoms with van der Waals surface area (Å²) in [7, 11) is 0. The molecule has 118 valence electrons. The summed E-state index contributed by atoms with van der Waals surface area (Å²) in [5.41, 5.74) is 5.79. The first kappa shape index (κ1) is 15.9. The number of carbonyl (C=O) groups is 1. The molecular formula is C15H19FN4O2. The second kappa shape index (κ2) is 7.53. The van der Waals surface area contributed by atoms with Crippen LogP contribution in [-0.4, -0.2) is 27.9 Å². The van der Waals surface area contributed by atoms with Crippen LogP contribution in [-0.2, 0) is 0 Å². The first-order chi connectivity index (χ1) is 10.6. The van der Waals surface area contributed by atoms with Gasteiger partial charge >= 0.3 is 0 Å². The van der Waals surface area contributed by atoms with Crippen molar-refractivity contribution in [1.29, 1.82) is 0 Å². The van der Waals surface area contributed by atoms with Crippen molar-refractivity contribution in [2.45, 2.75) is 32.6 Å². The van der Waals surface area contributed by atoms with Gasteiger partial charge in [0.25, 0.3) is 5.91 Å². The summed E-state index contributed by atoms with van der Waals surface area (Å²) in [4.78, 5) is 11.3. The SMILES string of the molecule is CCCCCCOc1cc(F)cc(-c2n[nH]nc2C(N)=O)c1. The number of amides is 1. The van der Waals surface area contributed by atoms with E-state index in [-0.39, 0.29) is 11.4 Å². The number of nitrogens with two attached hydrogens (primary N) is 1. The van der Waals surface area contributed by atoms with Crippen molar-refractivity contribution in [2.75, 3.05) is 6.61 Å². The Morgan fingerprint density at radius 2 is 2.09 bits per heavy atom. The lowest BCUT2D eigenvalue weighted by Crippen LogP contribution is -2.12. The van der Waals surface area contributed by atoms with Gasteiger partial charge in [-0.05, 0) is 18.6 Å². The molecule has 22 heavy (non-hydrogen) atoms. The van der Waals surface area contributed by atoms with Gasteiger partial charge in [0.1, 0.15) is 17.3 Å². The molecule has 1 aromatic heterocycles. The highest BCUT2D eigenvalue weighted by molar-refractivity contribution is 5.96. The van der Waals surface area contributed by atoms with Gasteiger partial charge in [-0.1, -0.05) is 26.2 Å². The number of hydrogen-bond donors (Lipinski definition) is 2. The molecule has 0 aliphatic rings. The zero-order valence-electron chi connectivity index (χ0n) is 12.4. The first-order valence-electron chi connectivity index (χ1n) is 7.26. The lowest BCUT2D eigenvalue weighted by atomic mass is 10.1. The molecular weight excluding hydrogens is 287 g/mol. The van der Waals surface area contributed by atoms with Crippen molar-refractivity contribution in [3.8, 4) is 17.0 Å². The highest BCUT2D eigenvalue weighted by Gasteiger charge is 2.16. The maximum atomic E-state index is 13.7. The molecule has 1 heterocycles. The van der Waals surface area contributed by atoms with E-state index < -0.39 is 11.7 Å². The number of rotatable bonds is 8. The number of aromatic nitrogens is 3. The second-order valence-corrected chi connectivity index (χ2v) is 4.97. The predicted molar refractivity (Wildman–Crippen MR) is 79.9 cm³/mol. The summed E-state index contributed by atoms with van der Waals surface area (Å²) in [6, 6.07) is 4.18. The highest BCUT2D eigenvalue weighted by atomic mass is 19.1. The number of aromatic amines is 1. The molecule has 0 aliphatic heterocycles. The van der Waals surface area contributed by atoms with E-state index in [4.69, 9.17) is 10.5 Å². The van der Waals surface area contributed by atoms with Crippen LogP contribution < -0.4 is 10.5 Å². The van der Waals surface area contributed by atoms with E-state index in [0.717, 1.165) is 25.7 Å². The van der Waals surface area contributed by atoms with Gasteiger partial charge < -0.3 is 10.5 Å². The van der Waals surface area contributed by atoms with Gasteiger partial charge in [0, 0.05) is 11.6 Å². The molecule has 0 aliphatic carbocycles. The molecule has 1 aromatic carbocycles. The number of nitrogens with one attached hydrogen (secondary N) is 1. The van der Waals surface area contributed by atoms with Gasteiger partial charge in [-0.25, -0.2) is 4.39 Å². The normalized spacial score (nSPS) is 10.6. The minimum absolute atomic E-state index is 0.0282. The Labute approximate surface area is 127 Å². The Kier molecular flexibility index (Phi) is 5.46. The Balaban J connectivity index is 2.13. The number of unbranched alkanes of at least 4 members (excludes halogenated alkanes) is 3. The van der Waals surface area contributed by atoms with E-state index in [1.807, 2.05) is 0 Å². The summed E-state index contributed by atoms with van der Waals surface area (Å²) in [6.45, 7) is 2.65. The molecule has 7 heteroatoms. The summed E-state index contributed by atoms with van der Waals surface area (Å²) < 4.78 is 19.3. The van der Waals surface area contributed by atoms with Crippen LogP contribution in [0.4, 0.5) is 4.39 Å². The third-order valence-corrected chi connectivity index (χ3v) is 3.19. The van der Waals surface area contributed by atoms with Crippen molar-refractivity contribution in [1.82, 2.24) is 15.4 Å². The fraction of sp³-hybridized carbons (Fsp3) is 0.400. The third-order valence-electron chi connectivity index (χ3n) is 3.19. The maximum Gasteiger partial charge on any atom is 0.271 e. The van der Waals surface area contributed by atoms with Crippen molar-refractivity contribution in [3.05, 3.63) is 29.7 Å². The number of carbonyl (C=O) groups excluding carboxylic acids is 1. The predicted octanol–water partition coefficient (Wildman–Crippen LogP) is 2.67. The van der Waals surface area contributed by atoms with Crippen molar-refractivity contribution in [2.24, 2.45) is 5.73 Å². The van der Waals surface area contributed by atoms with Crippen LogP contribution in [0.5, 0.6) is 5.75 Å². The first-order valence-corrected chi connectivity index (χ1v) is 7.26. The highest BCUT2D eigenvalue weighted by Crippen LogP contribution is 2.26. The van der Waals surface area contributed by atoms with Crippen LogP contribution in [0.15, 0.2) is 18.2 Å². The van der Waals surface area contributed by atoms with Crippen LogP contribution in [0.2, 0.25) is 0 Å². The molecule has 0 saturated carbocycles. The molecule has 2 aromatic rings. The molecule has 1 amide bonds. The van der Waals surface area contributed by atoms with Crippen LogP contribution in [0.25, 0.3) is 11.3 Å². The number of halogens is 1. The molecule has 0 fully saturated rings. The number of benzene rings is 1. The third kappa shape index (κ3) is 4.03. The van der Waals surface area contributed by atoms with Gasteiger partial charge in [0.05, 0.1) is 6.61 Å². The van der Waals surface area contributed by atoms with Gasteiger partial charge in [-0.15, -0.1) is 0 Å². The largest absolute Gasteiger partial charge is 0.493 e. The Hall–Kier alpha value is -2.44. The number of H-pyrrole nitrogens is 1. The zero-order valence-corrected chi connectivity index (χ0v) is 12.4. The quantitative estimate of drug-likeness (QED) is 0.733. The Morgan fingerprint density at radius 1 is 1.27 bits per heavy atom. The molecule has 0 spiro atoms. The maximum absolute atomic E-state index is 13.7. The van der Waals surface area contributed by atoms with Crippen molar-refractivity contribution >= 4 is 5.91 Å². The average molecular weight is 306 g/mol. The average Bonchev–Trinajstić information content (AvgIpc) is 2.96. The lowest BCUT2D eigenvalue weighted by molar-refractivity contribution is 0.0996. The Bertz CT molecular complexity index is 642. The lowest BCUT2D eigenvalue weighted by Gasteiger charge is -2.08. The summed E-state index contributed by atoms with van der Waals surface area (Å²) in [5.74, 6) is -0.806. The number of nitrogens with zero attached hydrogens (tertiary/aromatic N) is 2. The van der Waals surface area contributed by atoms with Gasteiger partial charge in [-0.2, -0.15) is 15.4 Å². The van der Waals surface area contributed by atoms with E-state index in [1.165, 1.54) is 12.1 Å². The minimum Gasteiger partial charge on any atom is -0.493 e. The van der Waals surface area contributed by atoms with Gasteiger partial charge in [0.15, 0.2) is 5.69 Å². The van der Waals surface area contributed by atoms with E-state index in [1.54, 1.807) is 6.07 Å². The number of primary amides is 1. The smallest absolute Gasteiger partial charge is 0.271 e. The van der Waals surface area contributed by atoms with Crippen molar-refractivity contribution < 1.29 is 13.9 Å². The Morgan fingerprint density at radius 3 is 2.82 bits per heavy atom. The molecule has 6 nitrogen and oxygen atoms in total. The van der Waals surface area contributed by atoms with E-state index in [9.17, 15) is 9.18 Å². The van der Waals surface area contributed by atoms with E-state index in [0.29, 0.717) is 17.9 Å². The zero-order chi connectivity index (χ0) is 15.9. The fourth-order valence-electron chi connectivity index (χ4n) is 2.11. The monoisotopic (exact) mass is 306 g/mol. The number of hydrogen-bond acceptors (Lipinski definition) is 4. The standard InChI is InChI=1S/C15H19FN4O2/c1-2-3-4-5-6-22-12-8-10(7-11(16)9-12)13-14(15(17)21)19-20-18-13/h7-9H,2-6H2,1H3,(H2,17,21)(H,18,19,20). The molecule has 3 N–H and O–H groups in total. The fourth-order valence-corrected chi connectivity index (χ4v) is 2.11. The van der Waals surface area contributed by atoms with Gasteiger partial charge in [-0.3, -0.25) is 4.79 Å². The molecule has 0 unspecified atom stereocenters. The van der Waals surface area contributed by atoms with Crippen LogP contribution in [0.1, 0.15) is 43.1 Å².